The van der Waals surface area contributed by atoms with Gasteiger partial charge in [0.25, 0.3) is 0 Å². The number of carbonyl (C=O) groups is 1. The van der Waals surface area contributed by atoms with Crippen LogP contribution in [0.15, 0.2) is 53.5 Å². The number of ether oxygens (including phenoxy) is 2. The molecule has 4 rings (SSSR count). The quantitative estimate of drug-likeness (QED) is 0.556. The summed E-state index contributed by atoms with van der Waals surface area (Å²) in [6.45, 7) is 0.586. The second-order valence-electron chi connectivity index (χ2n) is 7.59. The number of fused-ring (bicyclic) bond motifs is 2. The van der Waals surface area contributed by atoms with Crippen LogP contribution < -0.4 is 10.1 Å². The summed E-state index contributed by atoms with van der Waals surface area (Å²) in [5.41, 5.74) is -1.18. The molecule has 2 aromatic carbocycles. The van der Waals surface area contributed by atoms with Crippen LogP contribution in [0.25, 0.3) is 0 Å². The third-order valence-corrected chi connectivity index (χ3v) is 5.64. The summed E-state index contributed by atoms with van der Waals surface area (Å²) in [6, 6.07) is 14.0. The van der Waals surface area contributed by atoms with Crippen molar-refractivity contribution in [3.05, 3.63) is 59.7 Å². The van der Waals surface area contributed by atoms with Gasteiger partial charge in [-0.3, -0.25) is 4.99 Å². The van der Waals surface area contributed by atoms with Crippen molar-refractivity contribution in [2.75, 3.05) is 13.6 Å². The van der Waals surface area contributed by atoms with Gasteiger partial charge in [-0.1, -0.05) is 55.7 Å². The molecule has 1 heterocycles. The minimum absolute atomic E-state index is 0.380. The first kappa shape index (κ1) is 19.6. The molecule has 2 aromatic rings. The van der Waals surface area contributed by atoms with Gasteiger partial charge in [0.2, 0.25) is 5.60 Å². The van der Waals surface area contributed by atoms with Crippen LogP contribution in [-0.2, 0) is 15.1 Å². The molecule has 1 aliphatic heterocycles. The van der Waals surface area contributed by atoms with Gasteiger partial charge in [-0.2, -0.15) is 0 Å². The van der Waals surface area contributed by atoms with Crippen LogP contribution in [0.2, 0.25) is 0 Å². The van der Waals surface area contributed by atoms with Crippen LogP contribution in [0, 0.1) is 5.92 Å². The van der Waals surface area contributed by atoms with Crippen LogP contribution in [0.5, 0.6) is 11.5 Å². The second-order valence-corrected chi connectivity index (χ2v) is 7.59. The number of carbonyl (C=O) groups excluding carboxylic acids is 1. The minimum Gasteiger partial charge on any atom is -0.457 e. The first-order valence-corrected chi connectivity index (χ1v) is 10.1. The maximum absolute atomic E-state index is 13.4. The number of benzene rings is 2. The van der Waals surface area contributed by atoms with E-state index < -0.39 is 17.8 Å². The predicted octanol–water partition coefficient (Wildman–Crippen LogP) is 3.38. The molecular formula is C23H26N2O4. The van der Waals surface area contributed by atoms with Gasteiger partial charge in [0.1, 0.15) is 11.5 Å². The van der Waals surface area contributed by atoms with Gasteiger partial charge in [0, 0.05) is 30.3 Å². The van der Waals surface area contributed by atoms with Gasteiger partial charge in [0.05, 0.1) is 0 Å². The minimum atomic E-state index is -1.94. The van der Waals surface area contributed by atoms with Crippen LogP contribution in [0.3, 0.4) is 0 Å². The van der Waals surface area contributed by atoms with E-state index in [-0.39, 0.29) is 0 Å². The van der Waals surface area contributed by atoms with Gasteiger partial charge < -0.3 is 19.9 Å². The molecule has 0 spiro atoms. The standard InChI is InChI=1S/C23H26N2O4/c1-24-13-14-25-21(15-16-7-6-8-16)29-22(26)23(27)17-9-2-4-11-19(17)28-20-12-5-3-10-18(20)23/h2-5,9-12,14,16,21,24,27H,6-8,13,15H2,1H3. The summed E-state index contributed by atoms with van der Waals surface area (Å²) in [5.74, 6) is 0.662. The smallest absolute Gasteiger partial charge is 0.349 e. The lowest BCUT2D eigenvalue weighted by Gasteiger charge is -2.35. The van der Waals surface area contributed by atoms with Crippen molar-refractivity contribution >= 4 is 12.2 Å². The van der Waals surface area contributed by atoms with E-state index in [4.69, 9.17) is 9.47 Å². The normalized spacial score (nSPS) is 18.3. The average molecular weight is 394 g/mol. The topological polar surface area (TPSA) is 80.2 Å². The van der Waals surface area contributed by atoms with Crippen molar-refractivity contribution in [1.29, 1.82) is 0 Å². The molecule has 2 N–H and O–H groups in total. The lowest BCUT2D eigenvalue weighted by molar-refractivity contribution is -0.169. The third-order valence-electron chi connectivity index (χ3n) is 5.64. The van der Waals surface area contributed by atoms with Crippen LogP contribution in [-0.4, -0.2) is 37.1 Å². The molecule has 29 heavy (non-hydrogen) atoms. The fraction of sp³-hybridized carbons (Fsp3) is 0.391. The highest BCUT2D eigenvalue weighted by molar-refractivity contribution is 5.88. The van der Waals surface area contributed by atoms with E-state index in [2.05, 4.69) is 10.3 Å². The number of hydrogen-bond donors (Lipinski definition) is 2. The Kier molecular flexibility index (Phi) is 5.65. The molecule has 0 amide bonds. The first-order valence-electron chi connectivity index (χ1n) is 10.1. The predicted molar refractivity (Wildman–Crippen MR) is 110 cm³/mol. The van der Waals surface area contributed by atoms with E-state index in [0.717, 1.165) is 12.8 Å². The molecule has 0 saturated heterocycles. The van der Waals surface area contributed by atoms with Crippen molar-refractivity contribution in [2.45, 2.75) is 37.5 Å². The zero-order chi connectivity index (χ0) is 20.3. The lowest BCUT2D eigenvalue weighted by Crippen LogP contribution is -2.42. The number of esters is 1. The Hall–Kier alpha value is -2.70. The number of para-hydroxylation sites is 2. The number of aliphatic imine (C=N–C) groups is 1. The van der Waals surface area contributed by atoms with Gasteiger partial charge in [-0.05, 0) is 25.1 Å². The largest absolute Gasteiger partial charge is 0.457 e. The molecule has 1 atom stereocenters. The molecule has 6 heteroatoms. The van der Waals surface area contributed by atoms with Gasteiger partial charge in [-0.25, -0.2) is 4.79 Å². The Morgan fingerprint density at radius 3 is 2.41 bits per heavy atom. The molecule has 1 saturated carbocycles. The van der Waals surface area contributed by atoms with Crippen LogP contribution in [0.4, 0.5) is 0 Å². The number of nitrogens with zero attached hydrogens (tertiary/aromatic N) is 1. The Morgan fingerprint density at radius 1 is 1.24 bits per heavy atom. The fourth-order valence-electron chi connectivity index (χ4n) is 3.82. The molecule has 1 unspecified atom stereocenters. The molecule has 6 nitrogen and oxygen atoms in total. The highest BCUT2D eigenvalue weighted by Crippen LogP contribution is 2.47. The maximum Gasteiger partial charge on any atom is 0.349 e. The van der Waals surface area contributed by atoms with E-state index in [1.807, 2.05) is 7.05 Å². The molecular weight excluding hydrogens is 368 g/mol. The second kappa shape index (κ2) is 8.35. The Morgan fingerprint density at radius 2 is 1.86 bits per heavy atom. The molecule has 0 radical (unpaired) electrons. The molecule has 1 aliphatic carbocycles. The van der Waals surface area contributed by atoms with E-state index in [1.54, 1.807) is 54.7 Å². The fourth-order valence-corrected chi connectivity index (χ4v) is 3.82. The summed E-state index contributed by atoms with van der Waals surface area (Å²) in [4.78, 5) is 17.8. The van der Waals surface area contributed by atoms with Crippen LogP contribution in [0.1, 0.15) is 36.8 Å². The molecule has 2 aliphatic rings. The lowest BCUT2D eigenvalue weighted by atomic mass is 9.82. The average Bonchev–Trinajstić information content (AvgIpc) is 2.70. The Bertz CT molecular complexity index is 862. The third kappa shape index (κ3) is 3.78. The van der Waals surface area contributed by atoms with Crippen molar-refractivity contribution in [2.24, 2.45) is 10.9 Å². The summed E-state index contributed by atoms with van der Waals surface area (Å²) in [7, 11) is 1.83. The highest BCUT2D eigenvalue weighted by Gasteiger charge is 2.49. The summed E-state index contributed by atoms with van der Waals surface area (Å²) in [5, 5.41) is 14.7. The van der Waals surface area contributed by atoms with Crippen molar-refractivity contribution in [1.82, 2.24) is 5.32 Å². The van der Waals surface area contributed by atoms with Gasteiger partial charge in [-0.15, -0.1) is 0 Å². The molecule has 0 aromatic heterocycles. The van der Waals surface area contributed by atoms with Gasteiger partial charge >= 0.3 is 5.97 Å². The zero-order valence-corrected chi connectivity index (χ0v) is 16.5. The van der Waals surface area contributed by atoms with Crippen molar-refractivity contribution in [3.8, 4) is 11.5 Å². The van der Waals surface area contributed by atoms with E-state index in [9.17, 15) is 9.90 Å². The Labute approximate surface area is 170 Å². The van der Waals surface area contributed by atoms with E-state index >= 15 is 0 Å². The number of aliphatic hydroxyl groups is 1. The molecule has 152 valence electrons. The number of hydrogen-bond acceptors (Lipinski definition) is 6. The zero-order valence-electron chi connectivity index (χ0n) is 16.5. The summed E-state index contributed by atoms with van der Waals surface area (Å²) in [6.07, 6.45) is 5.22. The van der Waals surface area contributed by atoms with Crippen molar-refractivity contribution in [3.63, 3.8) is 0 Å². The monoisotopic (exact) mass is 394 g/mol. The van der Waals surface area contributed by atoms with E-state index in [1.165, 1.54) is 6.42 Å². The van der Waals surface area contributed by atoms with Crippen molar-refractivity contribution < 1.29 is 19.4 Å². The number of rotatable bonds is 7. The number of nitrogens with one attached hydrogen (secondary N) is 1. The van der Waals surface area contributed by atoms with Gasteiger partial charge in [0.15, 0.2) is 6.23 Å². The SMILES string of the molecule is CNCC=NC(CC1CCC1)OC(=O)C1(O)c2ccccc2Oc2ccccc21. The first-order chi connectivity index (χ1) is 14.1. The Balaban J connectivity index is 1.65. The molecule has 1 fully saturated rings. The van der Waals surface area contributed by atoms with Crippen LogP contribution >= 0.6 is 0 Å². The maximum atomic E-state index is 13.4. The molecule has 0 bridgehead atoms. The highest BCUT2D eigenvalue weighted by atomic mass is 16.6. The van der Waals surface area contributed by atoms with E-state index in [0.29, 0.717) is 41.5 Å². The summed E-state index contributed by atoms with van der Waals surface area (Å²) < 4.78 is 11.7. The summed E-state index contributed by atoms with van der Waals surface area (Å²) >= 11 is 0.